The van der Waals surface area contributed by atoms with Crippen LogP contribution in [0, 0.1) is 11.3 Å². The molecule has 0 unspecified atom stereocenters. The van der Waals surface area contributed by atoms with Crippen molar-refractivity contribution in [2.45, 2.75) is 18.9 Å². The Hall–Kier alpha value is -3.83. The van der Waals surface area contributed by atoms with Crippen LogP contribution in [-0.4, -0.2) is 43.9 Å². The number of pyridine rings is 1. The summed E-state index contributed by atoms with van der Waals surface area (Å²) in [6.07, 6.45) is 5.45. The van der Waals surface area contributed by atoms with E-state index in [2.05, 4.69) is 21.1 Å². The topological polar surface area (TPSA) is 110 Å². The van der Waals surface area contributed by atoms with Crippen molar-refractivity contribution in [3.8, 4) is 28.6 Å². The standard InChI is InChI=1S/C23H22N8/c1-30-21-7-6-19(28-20(21)14-27-30)18-13-26-23(31-10-8-17(25)9-11-31)29-22(18)16-4-2-15(12-24)3-5-16/h2-7,13-14,17H,8-11,25H2,1H3. The summed E-state index contributed by atoms with van der Waals surface area (Å²) in [4.78, 5) is 16.6. The molecule has 0 atom stereocenters. The Kier molecular flexibility index (Phi) is 4.81. The molecule has 0 radical (unpaired) electrons. The number of nitrogens with zero attached hydrogens (tertiary/aromatic N) is 7. The lowest BCUT2D eigenvalue weighted by Crippen LogP contribution is -2.40. The molecule has 1 aliphatic heterocycles. The zero-order valence-corrected chi connectivity index (χ0v) is 17.2. The third-order valence-electron chi connectivity index (χ3n) is 5.77. The highest BCUT2D eigenvalue weighted by atomic mass is 15.3. The van der Waals surface area contributed by atoms with E-state index < -0.39 is 0 Å². The number of benzene rings is 1. The van der Waals surface area contributed by atoms with Crippen LogP contribution in [0.25, 0.3) is 33.5 Å². The summed E-state index contributed by atoms with van der Waals surface area (Å²) >= 11 is 0. The lowest BCUT2D eigenvalue weighted by molar-refractivity contribution is 0.495. The summed E-state index contributed by atoms with van der Waals surface area (Å²) in [5.74, 6) is 0.692. The van der Waals surface area contributed by atoms with E-state index in [1.54, 1.807) is 23.0 Å². The Morgan fingerprint density at radius 3 is 2.55 bits per heavy atom. The summed E-state index contributed by atoms with van der Waals surface area (Å²) in [7, 11) is 1.90. The first-order valence-corrected chi connectivity index (χ1v) is 10.3. The van der Waals surface area contributed by atoms with Crippen LogP contribution in [0.4, 0.5) is 5.95 Å². The van der Waals surface area contributed by atoms with Gasteiger partial charge in [-0.05, 0) is 37.1 Å². The fourth-order valence-electron chi connectivity index (χ4n) is 3.92. The quantitative estimate of drug-likeness (QED) is 0.553. The Morgan fingerprint density at radius 2 is 1.81 bits per heavy atom. The molecular formula is C23H22N8. The second kappa shape index (κ2) is 7.78. The highest BCUT2D eigenvalue weighted by molar-refractivity contribution is 5.83. The van der Waals surface area contributed by atoms with Gasteiger partial charge in [0.1, 0.15) is 5.52 Å². The van der Waals surface area contributed by atoms with Gasteiger partial charge < -0.3 is 10.6 Å². The molecule has 1 aromatic carbocycles. The average Bonchev–Trinajstić information content (AvgIpc) is 3.19. The number of nitriles is 1. The Labute approximate surface area is 180 Å². The number of aryl methyl sites for hydroxylation is 1. The molecule has 0 amide bonds. The van der Waals surface area contributed by atoms with Gasteiger partial charge in [0.25, 0.3) is 0 Å². The highest BCUT2D eigenvalue weighted by Gasteiger charge is 2.21. The van der Waals surface area contributed by atoms with Crippen molar-refractivity contribution >= 4 is 17.0 Å². The van der Waals surface area contributed by atoms with E-state index in [4.69, 9.17) is 21.0 Å². The minimum absolute atomic E-state index is 0.240. The molecule has 0 aliphatic carbocycles. The van der Waals surface area contributed by atoms with Gasteiger partial charge in [0.15, 0.2) is 0 Å². The fourth-order valence-corrected chi connectivity index (χ4v) is 3.92. The lowest BCUT2D eigenvalue weighted by atomic mass is 10.0. The molecule has 0 saturated carbocycles. The predicted octanol–water partition coefficient (Wildman–Crippen LogP) is 2.89. The number of piperidine rings is 1. The number of anilines is 1. The number of hydrogen-bond donors (Lipinski definition) is 1. The van der Waals surface area contributed by atoms with Crippen LogP contribution in [0.2, 0.25) is 0 Å². The van der Waals surface area contributed by atoms with Crippen molar-refractivity contribution in [2.24, 2.45) is 12.8 Å². The molecule has 4 aromatic rings. The van der Waals surface area contributed by atoms with Gasteiger partial charge in [0, 0.05) is 43.5 Å². The largest absolute Gasteiger partial charge is 0.341 e. The van der Waals surface area contributed by atoms with Gasteiger partial charge in [-0.15, -0.1) is 0 Å². The van der Waals surface area contributed by atoms with Crippen molar-refractivity contribution in [3.63, 3.8) is 0 Å². The predicted molar refractivity (Wildman–Crippen MR) is 119 cm³/mol. The molecule has 4 heterocycles. The number of hydrogen-bond acceptors (Lipinski definition) is 7. The summed E-state index contributed by atoms with van der Waals surface area (Å²) in [5, 5.41) is 13.4. The SMILES string of the molecule is Cn1ncc2nc(-c3cnc(N4CCC(N)CC4)nc3-c3ccc(C#N)cc3)ccc21. The smallest absolute Gasteiger partial charge is 0.225 e. The van der Waals surface area contributed by atoms with E-state index in [-0.39, 0.29) is 6.04 Å². The summed E-state index contributed by atoms with van der Waals surface area (Å²) in [6, 6.07) is 13.8. The highest BCUT2D eigenvalue weighted by Crippen LogP contribution is 2.32. The van der Waals surface area contributed by atoms with Crippen molar-refractivity contribution in [1.29, 1.82) is 5.26 Å². The van der Waals surface area contributed by atoms with E-state index in [1.807, 2.05) is 37.5 Å². The molecule has 0 spiro atoms. The molecule has 154 valence electrons. The van der Waals surface area contributed by atoms with Crippen LogP contribution >= 0.6 is 0 Å². The van der Waals surface area contributed by atoms with Crippen molar-refractivity contribution in [3.05, 3.63) is 54.4 Å². The van der Waals surface area contributed by atoms with Crippen molar-refractivity contribution in [2.75, 3.05) is 18.0 Å². The molecule has 0 bridgehead atoms. The zero-order chi connectivity index (χ0) is 21.4. The first-order chi connectivity index (χ1) is 15.1. The number of rotatable bonds is 3. The second-order valence-corrected chi connectivity index (χ2v) is 7.81. The van der Waals surface area contributed by atoms with Gasteiger partial charge in [-0.2, -0.15) is 10.4 Å². The lowest BCUT2D eigenvalue weighted by Gasteiger charge is -2.30. The maximum absolute atomic E-state index is 9.16. The molecule has 1 saturated heterocycles. The zero-order valence-electron chi connectivity index (χ0n) is 17.2. The maximum Gasteiger partial charge on any atom is 0.225 e. The molecule has 8 nitrogen and oxygen atoms in total. The number of nitrogens with two attached hydrogens (primary N) is 1. The van der Waals surface area contributed by atoms with Crippen LogP contribution in [0.5, 0.6) is 0 Å². The van der Waals surface area contributed by atoms with E-state index in [9.17, 15) is 0 Å². The van der Waals surface area contributed by atoms with Crippen LogP contribution in [0.1, 0.15) is 18.4 Å². The monoisotopic (exact) mass is 410 g/mol. The normalized spacial score (nSPS) is 14.7. The third-order valence-corrected chi connectivity index (χ3v) is 5.77. The summed E-state index contributed by atoms with van der Waals surface area (Å²) < 4.78 is 1.80. The van der Waals surface area contributed by atoms with E-state index in [1.165, 1.54) is 0 Å². The van der Waals surface area contributed by atoms with Crippen LogP contribution in [0.3, 0.4) is 0 Å². The molecule has 31 heavy (non-hydrogen) atoms. The molecular weight excluding hydrogens is 388 g/mol. The number of fused-ring (bicyclic) bond motifs is 1. The van der Waals surface area contributed by atoms with Gasteiger partial charge in [0.2, 0.25) is 5.95 Å². The Balaban J connectivity index is 1.62. The van der Waals surface area contributed by atoms with Gasteiger partial charge in [0.05, 0.1) is 34.7 Å². The molecule has 3 aromatic heterocycles. The fraction of sp³-hybridized carbons (Fsp3) is 0.261. The van der Waals surface area contributed by atoms with Crippen LogP contribution in [0.15, 0.2) is 48.8 Å². The molecule has 5 rings (SSSR count). The minimum Gasteiger partial charge on any atom is -0.341 e. The first-order valence-electron chi connectivity index (χ1n) is 10.3. The number of aromatic nitrogens is 5. The van der Waals surface area contributed by atoms with Crippen molar-refractivity contribution in [1.82, 2.24) is 24.7 Å². The second-order valence-electron chi connectivity index (χ2n) is 7.81. The first kappa shape index (κ1) is 19.2. The Morgan fingerprint density at radius 1 is 1.03 bits per heavy atom. The third kappa shape index (κ3) is 3.60. The Bertz CT molecular complexity index is 1280. The van der Waals surface area contributed by atoms with Crippen LogP contribution < -0.4 is 10.6 Å². The molecule has 1 aliphatic rings. The average molecular weight is 410 g/mol. The summed E-state index contributed by atoms with van der Waals surface area (Å²) in [5.41, 5.74) is 11.8. The van der Waals surface area contributed by atoms with Crippen molar-refractivity contribution < 1.29 is 0 Å². The van der Waals surface area contributed by atoms with Crippen LogP contribution in [-0.2, 0) is 7.05 Å². The molecule has 1 fully saturated rings. The van der Waals surface area contributed by atoms with Gasteiger partial charge in [-0.1, -0.05) is 12.1 Å². The van der Waals surface area contributed by atoms with Gasteiger partial charge >= 0.3 is 0 Å². The molecule has 2 N–H and O–H groups in total. The van der Waals surface area contributed by atoms with E-state index in [0.29, 0.717) is 11.5 Å². The van der Waals surface area contributed by atoms with Gasteiger partial charge in [-0.25, -0.2) is 15.0 Å². The molecule has 8 heteroatoms. The van der Waals surface area contributed by atoms with E-state index >= 15 is 0 Å². The van der Waals surface area contributed by atoms with E-state index in [0.717, 1.165) is 59.5 Å². The maximum atomic E-state index is 9.16. The minimum atomic E-state index is 0.240. The van der Waals surface area contributed by atoms with Gasteiger partial charge in [-0.3, -0.25) is 4.68 Å². The summed E-state index contributed by atoms with van der Waals surface area (Å²) in [6.45, 7) is 1.68.